The first-order valence-corrected chi connectivity index (χ1v) is 10.4. The van der Waals surface area contributed by atoms with E-state index in [0.29, 0.717) is 28.8 Å². The first-order chi connectivity index (χ1) is 15.6. The number of anilines is 1. The van der Waals surface area contributed by atoms with Crippen molar-refractivity contribution in [3.63, 3.8) is 0 Å². The molecule has 1 aliphatic heterocycles. The number of furan rings is 1. The van der Waals surface area contributed by atoms with Gasteiger partial charge in [0.1, 0.15) is 5.76 Å². The third-order valence-electron chi connectivity index (χ3n) is 5.78. The van der Waals surface area contributed by atoms with Crippen molar-refractivity contribution in [3.8, 4) is 22.5 Å². The summed E-state index contributed by atoms with van der Waals surface area (Å²) >= 11 is 0. The quantitative estimate of drug-likeness (QED) is 0.164. The molecule has 1 aromatic carbocycles. The molecule has 1 aliphatic rings. The van der Waals surface area contributed by atoms with Crippen molar-refractivity contribution >= 4 is 22.6 Å². The minimum absolute atomic E-state index is 0.158. The molecule has 3 aromatic heterocycles. The van der Waals surface area contributed by atoms with Gasteiger partial charge in [0.05, 0.1) is 12.2 Å². The first kappa shape index (κ1) is 19.9. The van der Waals surface area contributed by atoms with Crippen LogP contribution in [0.5, 0.6) is 0 Å². The van der Waals surface area contributed by atoms with Crippen LogP contribution in [0.15, 0.2) is 63.7 Å². The molecule has 5 rings (SSSR count). The van der Waals surface area contributed by atoms with Crippen LogP contribution in [0.2, 0.25) is 0 Å². The molecule has 1 fully saturated rings. The molecule has 0 radical (unpaired) electrons. The number of nitrogens with two attached hydrogens (primary N) is 2. The zero-order chi connectivity index (χ0) is 22.1. The lowest BCUT2D eigenvalue weighted by Crippen LogP contribution is -2.29. The number of fused-ring (bicyclic) bond motifs is 1. The smallest absolute Gasteiger partial charge is 0.177 e. The van der Waals surface area contributed by atoms with Crippen molar-refractivity contribution in [1.29, 1.82) is 5.53 Å². The fourth-order valence-corrected chi connectivity index (χ4v) is 4.11. The highest BCUT2D eigenvalue weighted by atomic mass is 16.3. The molecule has 6 N–H and O–H groups in total. The standard InChI is InChI=1S/C22H23N9O/c23-21(29-30-25)14-3-1-2-13(8-14)19-9-17-18(11-27-22(24)20(17)32-19)15-10-28-31(12-15)16-4-6-26-7-5-16/h1-3,8-12,16,26H,4-7H2,(H2,24,27)(H3,23,25,29). The summed E-state index contributed by atoms with van der Waals surface area (Å²) in [4.78, 5) is 4.35. The van der Waals surface area contributed by atoms with Crippen molar-refractivity contribution in [3.05, 3.63) is 54.5 Å². The van der Waals surface area contributed by atoms with E-state index < -0.39 is 0 Å². The Hall–Kier alpha value is -4.05. The number of piperidine rings is 1. The maximum Gasteiger partial charge on any atom is 0.177 e. The zero-order valence-corrected chi connectivity index (χ0v) is 17.3. The molecule has 0 atom stereocenters. The summed E-state index contributed by atoms with van der Waals surface area (Å²) in [6.45, 7) is 2.01. The van der Waals surface area contributed by atoms with Crippen LogP contribution in [0.1, 0.15) is 24.4 Å². The lowest BCUT2D eigenvalue weighted by Gasteiger charge is -2.22. The third-order valence-corrected chi connectivity index (χ3v) is 5.78. The van der Waals surface area contributed by atoms with Crippen LogP contribution in [0.3, 0.4) is 0 Å². The van der Waals surface area contributed by atoms with Gasteiger partial charge >= 0.3 is 0 Å². The minimum atomic E-state index is 0.158. The molecule has 10 heteroatoms. The summed E-state index contributed by atoms with van der Waals surface area (Å²) in [5.41, 5.74) is 22.7. The molecular weight excluding hydrogens is 406 g/mol. The number of nitrogens with zero attached hydrogens (tertiary/aromatic N) is 5. The number of pyridine rings is 1. The second-order valence-corrected chi connectivity index (χ2v) is 7.77. The molecule has 4 aromatic rings. The maximum atomic E-state index is 6.88. The monoisotopic (exact) mass is 429 g/mol. The third kappa shape index (κ3) is 3.60. The van der Waals surface area contributed by atoms with Crippen LogP contribution in [-0.4, -0.2) is 33.7 Å². The van der Waals surface area contributed by atoms with E-state index in [9.17, 15) is 0 Å². The number of hydrogen-bond acceptors (Lipinski definition) is 7. The Balaban J connectivity index is 1.55. The second-order valence-electron chi connectivity index (χ2n) is 7.77. The molecule has 162 valence electrons. The number of nitrogens with one attached hydrogen (secondary N) is 2. The molecule has 32 heavy (non-hydrogen) atoms. The summed E-state index contributed by atoms with van der Waals surface area (Å²) in [5.74, 6) is 1.11. The van der Waals surface area contributed by atoms with Gasteiger partial charge in [-0.1, -0.05) is 23.4 Å². The predicted molar refractivity (Wildman–Crippen MR) is 122 cm³/mol. The Morgan fingerprint density at radius 2 is 2.03 bits per heavy atom. The molecule has 0 aliphatic carbocycles. The van der Waals surface area contributed by atoms with E-state index in [1.807, 2.05) is 35.1 Å². The van der Waals surface area contributed by atoms with Gasteiger partial charge in [0.25, 0.3) is 0 Å². The highest BCUT2D eigenvalue weighted by molar-refractivity contribution is 6.01. The van der Waals surface area contributed by atoms with E-state index in [4.69, 9.17) is 21.4 Å². The molecule has 0 spiro atoms. The number of nitrogen functional groups attached to an aromatic ring is 1. The Morgan fingerprint density at radius 3 is 2.84 bits per heavy atom. The Kier molecular flexibility index (Phi) is 5.12. The van der Waals surface area contributed by atoms with Crippen molar-refractivity contribution in [2.24, 2.45) is 16.1 Å². The van der Waals surface area contributed by atoms with Crippen molar-refractivity contribution in [2.75, 3.05) is 18.8 Å². The van der Waals surface area contributed by atoms with Crippen LogP contribution >= 0.6 is 0 Å². The molecule has 10 nitrogen and oxygen atoms in total. The van der Waals surface area contributed by atoms with Gasteiger partial charge in [-0.25, -0.2) is 4.98 Å². The molecule has 0 bridgehead atoms. The second kappa shape index (κ2) is 8.23. The Bertz CT molecular complexity index is 1310. The van der Waals surface area contributed by atoms with E-state index >= 15 is 0 Å². The highest BCUT2D eigenvalue weighted by Gasteiger charge is 2.19. The summed E-state index contributed by atoms with van der Waals surface area (Å²) in [6.07, 6.45) is 7.81. The Morgan fingerprint density at radius 1 is 1.19 bits per heavy atom. The van der Waals surface area contributed by atoms with Crippen molar-refractivity contribution < 1.29 is 4.42 Å². The normalized spacial score (nSPS) is 15.3. The van der Waals surface area contributed by atoms with Gasteiger partial charge in [0.15, 0.2) is 17.2 Å². The summed E-state index contributed by atoms with van der Waals surface area (Å²) < 4.78 is 8.14. The average Bonchev–Trinajstić information content (AvgIpc) is 3.49. The number of benzene rings is 1. The van der Waals surface area contributed by atoms with Gasteiger partial charge in [-0.05, 0) is 38.1 Å². The van der Waals surface area contributed by atoms with Gasteiger partial charge in [0.2, 0.25) is 0 Å². The summed E-state index contributed by atoms with van der Waals surface area (Å²) in [5, 5.41) is 15.4. The molecule has 0 unspecified atom stereocenters. The van der Waals surface area contributed by atoms with Crippen LogP contribution < -0.4 is 16.8 Å². The van der Waals surface area contributed by atoms with Gasteiger partial charge in [-0.2, -0.15) is 10.6 Å². The van der Waals surface area contributed by atoms with E-state index in [1.54, 1.807) is 12.3 Å². The molecule has 4 heterocycles. The number of aromatic nitrogens is 3. The van der Waals surface area contributed by atoms with Crippen LogP contribution in [0.25, 0.3) is 33.4 Å². The van der Waals surface area contributed by atoms with E-state index in [0.717, 1.165) is 48.0 Å². The fourth-order valence-electron chi connectivity index (χ4n) is 4.11. The molecule has 0 saturated carbocycles. The number of rotatable bonds is 5. The van der Waals surface area contributed by atoms with Crippen molar-refractivity contribution in [1.82, 2.24) is 20.1 Å². The van der Waals surface area contributed by atoms with Crippen LogP contribution in [-0.2, 0) is 0 Å². The highest BCUT2D eigenvalue weighted by Crippen LogP contribution is 2.37. The molecule has 1 saturated heterocycles. The predicted octanol–water partition coefficient (Wildman–Crippen LogP) is 3.52. The van der Waals surface area contributed by atoms with E-state index in [-0.39, 0.29) is 5.84 Å². The number of hydrogen-bond donors (Lipinski definition) is 4. The van der Waals surface area contributed by atoms with Crippen LogP contribution in [0.4, 0.5) is 5.82 Å². The molecule has 0 amide bonds. The van der Waals surface area contributed by atoms with Crippen molar-refractivity contribution in [2.45, 2.75) is 18.9 Å². The van der Waals surface area contributed by atoms with Gasteiger partial charge < -0.3 is 21.2 Å². The lowest BCUT2D eigenvalue weighted by molar-refractivity contribution is 0.343. The maximum absolute atomic E-state index is 6.88. The largest absolute Gasteiger partial charge is 0.452 e. The molecular formula is C22H23N9O. The fraction of sp³-hybridized carbons (Fsp3) is 0.227. The SMILES string of the molecule is N=NN=C(N)c1cccc(-c2cc3c(-c4cnn(C5CCNCC5)c4)cnc(N)c3o2)c1. The Labute approximate surface area is 183 Å². The number of amidine groups is 1. The summed E-state index contributed by atoms with van der Waals surface area (Å²) in [6, 6.07) is 9.73. The van der Waals surface area contributed by atoms with E-state index in [1.165, 1.54) is 0 Å². The van der Waals surface area contributed by atoms with Crippen LogP contribution in [0, 0.1) is 5.53 Å². The summed E-state index contributed by atoms with van der Waals surface area (Å²) in [7, 11) is 0. The lowest BCUT2D eigenvalue weighted by atomic mass is 10.0. The van der Waals surface area contributed by atoms with Gasteiger partial charge in [0, 0.05) is 40.0 Å². The van der Waals surface area contributed by atoms with Gasteiger partial charge in [-0.3, -0.25) is 4.68 Å². The first-order valence-electron chi connectivity index (χ1n) is 10.4. The van der Waals surface area contributed by atoms with Gasteiger partial charge in [-0.15, -0.1) is 5.10 Å². The van der Waals surface area contributed by atoms with E-state index in [2.05, 4.69) is 31.9 Å². The average molecular weight is 429 g/mol. The topological polar surface area (TPSA) is 156 Å². The minimum Gasteiger partial charge on any atom is -0.452 e. The zero-order valence-electron chi connectivity index (χ0n) is 17.3.